The molecular weight excluding hydrogens is 324 g/mol. The van der Waals surface area contributed by atoms with Gasteiger partial charge < -0.3 is 10.2 Å². The summed E-state index contributed by atoms with van der Waals surface area (Å²) in [4.78, 5) is 34.6. The van der Waals surface area contributed by atoms with Crippen molar-refractivity contribution in [2.75, 3.05) is 13.1 Å². The summed E-state index contributed by atoms with van der Waals surface area (Å²) in [6.45, 7) is 1.27. The van der Waals surface area contributed by atoms with Gasteiger partial charge >= 0.3 is 0 Å². The Hall–Kier alpha value is -2.28. The molecule has 0 radical (unpaired) electrons. The van der Waals surface area contributed by atoms with E-state index in [1.54, 1.807) is 23.3 Å². The Balaban J connectivity index is 1.52. The van der Waals surface area contributed by atoms with Crippen LogP contribution < -0.4 is 5.32 Å². The van der Waals surface area contributed by atoms with E-state index in [0.29, 0.717) is 25.2 Å². The van der Waals surface area contributed by atoms with Crippen molar-refractivity contribution in [3.05, 3.63) is 46.7 Å². The maximum atomic E-state index is 12.5. The fraction of sp³-hybridized carbons (Fsp3) is 0.412. The van der Waals surface area contributed by atoms with Gasteiger partial charge in [-0.25, -0.2) is 4.98 Å². The highest BCUT2D eigenvalue weighted by molar-refractivity contribution is 7.07. The van der Waals surface area contributed by atoms with Crippen molar-refractivity contribution in [1.29, 1.82) is 0 Å². The second kappa shape index (κ2) is 5.98. The summed E-state index contributed by atoms with van der Waals surface area (Å²) in [5.74, 6) is 0.219. The molecule has 124 valence electrons. The molecule has 4 heterocycles. The van der Waals surface area contributed by atoms with E-state index >= 15 is 0 Å². The van der Waals surface area contributed by atoms with Gasteiger partial charge in [-0.2, -0.15) is 0 Å². The van der Waals surface area contributed by atoms with Gasteiger partial charge in [0.1, 0.15) is 5.69 Å². The normalized spacial score (nSPS) is 22.6. The fourth-order valence-corrected chi connectivity index (χ4v) is 4.42. The molecule has 4 rings (SSSR count). The molecule has 7 heteroatoms. The van der Waals surface area contributed by atoms with Gasteiger partial charge in [-0.3, -0.25) is 14.6 Å². The summed E-state index contributed by atoms with van der Waals surface area (Å²) < 4.78 is 0. The number of carbonyl (C=O) groups excluding carboxylic acids is 2. The molecule has 1 atom stereocenters. The zero-order valence-corrected chi connectivity index (χ0v) is 14.0. The molecule has 2 saturated heterocycles. The Morgan fingerprint density at radius 2 is 2.04 bits per heavy atom. The molecule has 1 spiro atoms. The smallest absolute Gasteiger partial charge is 0.273 e. The third kappa shape index (κ3) is 2.58. The Morgan fingerprint density at radius 1 is 1.29 bits per heavy atom. The molecule has 0 bridgehead atoms. The van der Waals surface area contributed by atoms with Crippen LogP contribution in [0.2, 0.25) is 0 Å². The second-order valence-corrected chi connectivity index (χ2v) is 7.13. The van der Waals surface area contributed by atoms with Gasteiger partial charge in [-0.15, -0.1) is 11.3 Å². The summed E-state index contributed by atoms with van der Waals surface area (Å²) >= 11 is 1.43. The SMILES string of the molecule is O=C1CC(c2ccncc2)C2(CCN(C(=O)c3cscn3)CC2)N1. The minimum absolute atomic E-state index is 0.0177. The molecule has 2 aromatic rings. The first-order valence-electron chi connectivity index (χ1n) is 8.06. The first-order valence-corrected chi connectivity index (χ1v) is 9.01. The van der Waals surface area contributed by atoms with Crippen molar-refractivity contribution >= 4 is 23.2 Å². The number of piperidine rings is 1. The number of likely N-dealkylation sites (tertiary alicyclic amines) is 1. The second-order valence-electron chi connectivity index (χ2n) is 6.41. The molecule has 24 heavy (non-hydrogen) atoms. The molecule has 1 unspecified atom stereocenters. The third-order valence-corrected chi connectivity index (χ3v) is 5.73. The van der Waals surface area contributed by atoms with Crippen LogP contribution in [-0.2, 0) is 4.79 Å². The van der Waals surface area contributed by atoms with Gasteiger partial charge in [0, 0.05) is 43.2 Å². The van der Waals surface area contributed by atoms with Crippen LogP contribution >= 0.6 is 11.3 Å². The molecule has 6 nitrogen and oxygen atoms in total. The van der Waals surface area contributed by atoms with E-state index in [0.717, 1.165) is 18.4 Å². The monoisotopic (exact) mass is 342 g/mol. The largest absolute Gasteiger partial charge is 0.350 e. The Labute approximate surface area is 143 Å². The average Bonchev–Trinajstić information content (AvgIpc) is 3.24. The highest BCUT2D eigenvalue weighted by Gasteiger charge is 2.49. The lowest BCUT2D eigenvalue weighted by Gasteiger charge is -2.42. The van der Waals surface area contributed by atoms with Crippen molar-refractivity contribution in [3.63, 3.8) is 0 Å². The van der Waals surface area contributed by atoms with Gasteiger partial charge in [-0.1, -0.05) is 0 Å². The Morgan fingerprint density at radius 3 is 2.71 bits per heavy atom. The standard InChI is InChI=1S/C17H18N4O2S/c22-15-9-13(12-1-5-18-6-2-12)17(20-15)3-7-21(8-4-17)16(23)14-10-24-11-19-14/h1-2,5-6,10-11,13H,3-4,7-9H2,(H,20,22). The number of hydrogen-bond donors (Lipinski definition) is 1. The first-order chi connectivity index (χ1) is 11.7. The van der Waals surface area contributed by atoms with Gasteiger partial charge in [-0.05, 0) is 30.5 Å². The number of hydrogen-bond acceptors (Lipinski definition) is 5. The summed E-state index contributed by atoms with van der Waals surface area (Å²) in [5.41, 5.74) is 3.08. The molecule has 0 aliphatic carbocycles. The van der Waals surface area contributed by atoms with Gasteiger partial charge in [0.2, 0.25) is 5.91 Å². The Kier molecular flexibility index (Phi) is 3.80. The van der Waals surface area contributed by atoms with Crippen LogP contribution in [-0.4, -0.2) is 45.3 Å². The van der Waals surface area contributed by atoms with E-state index in [9.17, 15) is 9.59 Å². The van der Waals surface area contributed by atoms with Crippen LogP contribution in [0.25, 0.3) is 0 Å². The molecule has 2 aliphatic heterocycles. The van der Waals surface area contributed by atoms with Crippen molar-refractivity contribution in [1.82, 2.24) is 20.2 Å². The fourth-order valence-electron chi connectivity index (χ4n) is 3.89. The van der Waals surface area contributed by atoms with Crippen LogP contribution in [0.15, 0.2) is 35.4 Å². The van der Waals surface area contributed by atoms with Gasteiger partial charge in [0.05, 0.1) is 11.0 Å². The number of thiazole rings is 1. The number of amides is 2. The minimum Gasteiger partial charge on any atom is -0.350 e. The lowest BCUT2D eigenvalue weighted by atomic mass is 9.74. The maximum Gasteiger partial charge on any atom is 0.273 e. The van der Waals surface area contributed by atoms with E-state index in [1.807, 2.05) is 17.0 Å². The molecule has 1 N–H and O–H groups in total. The highest BCUT2D eigenvalue weighted by atomic mass is 32.1. The molecule has 2 fully saturated rings. The molecule has 0 saturated carbocycles. The van der Waals surface area contributed by atoms with E-state index in [-0.39, 0.29) is 23.3 Å². The van der Waals surface area contributed by atoms with E-state index in [1.165, 1.54) is 11.3 Å². The Bertz CT molecular complexity index is 739. The zero-order chi connectivity index (χ0) is 16.6. The van der Waals surface area contributed by atoms with E-state index in [4.69, 9.17) is 0 Å². The molecular formula is C17H18N4O2S. The van der Waals surface area contributed by atoms with Crippen molar-refractivity contribution in [2.45, 2.75) is 30.7 Å². The molecule has 0 aromatic carbocycles. The quantitative estimate of drug-likeness (QED) is 0.903. The zero-order valence-electron chi connectivity index (χ0n) is 13.1. The van der Waals surface area contributed by atoms with Crippen LogP contribution in [0.1, 0.15) is 41.2 Å². The number of nitrogens with one attached hydrogen (secondary N) is 1. The van der Waals surface area contributed by atoms with Gasteiger partial charge in [0.15, 0.2) is 0 Å². The minimum atomic E-state index is -0.253. The molecule has 2 amide bonds. The summed E-state index contributed by atoms with van der Waals surface area (Å²) in [7, 11) is 0. The van der Waals surface area contributed by atoms with Crippen LogP contribution in [0.4, 0.5) is 0 Å². The number of nitrogens with zero attached hydrogens (tertiary/aromatic N) is 3. The number of aromatic nitrogens is 2. The third-order valence-electron chi connectivity index (χ3n) is 5.15. The maximum absolute atomic E-state index is 12.5. The van der Waals surface area contributed by atoms with Crippen LogP contribution in [0.3, 0.4) is 0 Å². The summed E-state index contributed by atoms with van der Waals surface area (Å²) in [5, 5.41) is 4.98. The predicted molar refractivity (Wildman–Crippen MR) is 89.7 cm³/mol. The van der Waals surface area contributed by atoms with Crippen molar-refractivity contribution in [3.8, 4) is 0 Å². The summed E-state index contributed by atoms with van der Waals surface area (Å²) in [6.07, 6.45) is 5.58. The summed E-state index contributed by atoms with van der Waals surface area (Å²) in [6, 6.07) is 3.97. The predicted octanol–water partition coefficient (Wildman–Crippen LogP) is 1.82. The number of carbonyl (C=O) groups is 2. The number of pyridine rings is 1. The van der Waals surface area contributed by atoms with Crippen LogP contribution in [0.5, 0.6) is 0 Å². The van der Waals surface area contributed by atoms with Crippen LogP contribution in [0, 0.1) is 0 Å². The average molecular weight is 342 g/mol. The highest BCUT2D eigenvalue weighted by Crippen LogP contribution is 2.43. The van der Waals surface area contributed by atoms with E-state index < -0.39 is 0 Å². The molecule has 2 aromatic heterocycles. The van der Waals surface area contributed by atoms with Gasteiger partial charge in [0.25, 0.3) is 5.91 Å². The number of rotatable bonds is 2. The van der Waals surface area contributed by atoms with E-state index in [2.05, 4.69) is 15.3 Å². The molecule has 2 aliphatic rings. The topological polar surface area (TPSA) is 75.2 Å². The lowest BCUT2D eigenvalue weighted by Crippen LogP contribution is -2.54. The first kappa shape index (κ1) is 15.3. The van der Waals surface area contributed by atoms with Crippen molar-refractivity contribution in [2.24, 2.45) is 0 Å². The van der Waals surface area contributed by atoms with Crippen molar-refractivity contribution < 1.29 is 9.59 Å². The lowest BCUT2D eigenvalue weighted by molar-refractivity contribution is -0.120.